The fourth-order valence-electron chi connectivity index (χ4n) is 1.91. The number of nitrogens with zero attached hydrogens (tertiary/aromatic N) is 3. The average molecular weight is 309 g/mol. The lowest BCUT2D eigenvalue weighted by atomic mass is 10.2. The molecule has 1 aromatic carbocycles. The second-order valence-corrected chi connectivity index (χ2v) is 4.69. The van der Waals surface area contributed by atoms with Gasteiger partial charge in [0.25, 0.3) is 5.89 Å². The van der Waals surface area contributed by atoms with E-state index in [1.165, 1.54) is 24.3 Å². The van der Waals surface area contributed by atoms with Gasteiger partial charge in [0, 0.05) is 5.56 Å². The van der Waals surface area contributed by atoms with Crippen LogP contribution in [0.25, 0.3) is 11.4 Å². The summed E-state index contributed by atoms with van der Waals surface area (Å²) in [4.78, 5) is 8.42. The van der Waals surface area contributed by atoms with E-state index < -0.39 is 6.36 Å². The predicted octanol–water partition coefficient (Wildman–Crippen LogP) is 3.38. The van der Waals surface area contributed by atoms with Gasteiger partial charge < -0.3 is 9.26 Å². The zero-order valence-corrected chi connectivity index (χ0v) is 11.4. The van der Waals surface area contributed by atoms with Crippen molar-refractivity contribution in [2.45, 2.75) is 13.3 Å². The van der Waals surface area contributed by atoms with Gasteiger partial charge in [0.05, 0.1) is 6.54 Å². The molecular weight excluding hydrogens is 299 g/mol. The number of hydrogen-bond donors (Lipinski definition) is 0. The van der Waals surface area contributed by atoms with E-state index in [-0.39, 0.29) is 17.5 Å². The number of ether oxygens (including phenoxy) is 1. The van der Waals surface area contributed by atoms with Crippen molar-refractivity contribution in [1.82, 2.24) is 10.1 Å². The van der Waals surface area contributed by atoms with Crippen LogP contribution in [0.2, 0.25) is 0 Å². The van der Waals surface area contributed by atoms with Crippen LogP contribution in [0.4, 0.5) is 13.2 Å². The van der Waals surface area contributed by atoms with Crippen molar-refractivity contribution in [2.24, 2.45) is 4.99 Å². The highest BCUT2D eigenvalue weighted by Crippen LogP contribution is 2.25. The third-order valence-corrected chi connectivity index (χ3v) is 2.87. The Balaban J connectivity index is 1.79. The summed E-state index contributed by atoms with van der Waals surface area (Å²) in [6, 6.07) is 5.23. The van der Waals surface area contributed by atoms with Crippen LogP contribution in [0.3, 0.4) is 0 Å². The number of alkyl halides is 3. The third-order valence-electron chi connectivity index (χ3n) is 2.87. The Morgan fingerprint density at radius 1 is 1.18 bits per heavy atom. The Kier molecular flexibility index (Phi) is 3.44. The number of benzene rings is 1. The van der Waals surface area contributed by atoms with Crippen LogP contribution < -0.4 is 4.74 Å². The maximum atomic E-state index is 12.1. The monoisotopic (exact) mass is 309 g/mol. The van der Waals surface area contributed by atoms with Gasteiger partial charge in [-0.15, -0.1) is 13.2 Å². The zero-order valence-electron chi connectivity index (χ0n) is 11.4. The summed E-state index contributed by atoms with van der Waals surface area (Å²) >= 11 is 0. The molecule has 0 unspecified atom stereocenters. The molecule has 1 aromatic heterocycles. The molecule has 114 valence electrons. The summed E-state index contributed by atoms with van der Waals surface area (Å²) in [6.45, 7) is 2.53. The maximum Gasteiger partial charge on any atom is 0.573 e. The predicted molar refractivity (Wildman–Crippen MR) is 71.6 cm³/mol. The highest BCUT2D eigenvalue weighted by molar-refractivity contribution is 6.07. The van der Waals surface area contributed by atoms with Gasteiger partial charge >= 0.3 is 6.36 Å². The number of allylic oxidation sites excluding steroid dienone is 1. The number of halogens is 3. The quantitative estimate of drug-likeness (QED) is 0.872. The highest BCUT2D eigenvalue weighted by Gasteiger charge is 2.31. The molecule has 2 aromatic rings. The first-order valence-electron chi connectivity index (χ1n) is 6.32. The molecule has 0 amide bonds. The lowest BCUT2D eigenvalue weighted by Gasteiger charge is -2.08. The van der Waals surface area contributed by atoms with Crippen LogP contribution in [-0.4, -0.2) is 28.8 Å². The van der Waals surface area contributed by atoms with Crippen molar-refractivity contribution < 1.29 is 22.4 Å². The lowest BCUT2D eigenvalue weighted by Crippen LogP contribution is -2.16. The van der Waals surface area contributed by atoms with Crippen molar-refractivity contribution in [3.63, 3.8) is 0 Å². The molecule has 5 nitrogen and oxygen atoms in total. The van der Waals surface area contributed by atoms with E-state index >= 15 is 0 Å². The van der Waals surface area contributed by atoms with Gasteiger partial charge in [-0.05, 0) is 42.8 Å². The minimum atomic E-state index is -4.72. The Bertz CT molecular complexity index is 745. The average Bonchev–Trinajstić information content (AvgIpc) is 3.06. The van der Waals surface area contributed by atoms with Crippen LogP contribution in [0, 0.1) is 0 Å². The van der Waals surface area contributed by atoms with Gasteiger partial charge in [-0.1, -0.05) is 5.16 Å². The molecule has 0 saturated heterocycles. The Morgan fingerprint density at radius 3 is 2.50 bits per heavy atom. The molecule has 0 atom stereocenters. The van der Waals surface area contributed by atoms with Crippen LogP contribution in [0.5, 0.6) is 5.75 Å². The van der Waals surface area contributed by atoms with E-state index in [9.17, 15) is 13.2 Å². The van der Waals surface area contributed by atoms with Crippen molar-refractivity contribution >= 4 is 5.71 Å². The largest absolute Gasteiger partial charge is 0.573 e. The number of aromatic nitrogens is 2. The number of rotatable bonds is 3. The van der Waals surface area contributed by atoms with Crippen molar-refractivity contribution in [1.29, 1.82) is 0 Å². The van der Waals surface area contributed by atoms with E-state index in [1.807, 2.05) is 13.0 Å². The molecule has 3 rings (SSSR count). The highest BCUT2D eigenvalue weighted by atomic mass is 19.4. The molecule has 0 radical (unpaired) electrons. The molecule has 0 bridgehead atoms. The normalized spacial score (nSPS) is 14.7. The summed E-state index contributed by atoms with van der Waals surface area (Å²) in [5.41, 5.74) is 2.21. The fourth-order valence-corrected chi connectivity index (χ4v) is 1.91. The molecule has 0 spiro atoms. The number of hydrogen-bond acceptors (Lipinski definition) is 5. The first-order valence-corrected chi connectivity index (χ1v) is 6.32. The summed E-state index contributed by atoms with van der Waals surface area (Å²) in [7, 11) is 0. The van der Waals surface area contributed by atoms with Gasteiger partial charge in [-0.3, -0.25) is 4.99 Å². The smallest absolute Gasteiger partial charge is 0.406 e. The van der Waals surface area contributed by atoms with Crippen LogP contribution in [-0.2, 0) is 0 Å². The topological polar surface area (TPSA) is 60.5 Å². The molecule has 8 heteroatoms. The standard InChI is InChI=1S/C14H10F3N3O2/c1-8-6-11(18-7-8)13-19-12(20-22-13)9-2-4-10(5-3-9)21-14(15,16)17/h2-6H,7H2,1H3. The Labute approximate surface area is 123 Å². The van der Waals surface area contributed by atoms with Gasteiger partial charge in [0.1, 0.15) is 11.5 Å². The minimum absolute atomic E-state index is 0.272. The summed E-state index contributed by atoms with van der Waals surface area (Å²) in [5, 5.41) is 3.80. The lowest BCUT2D eigenvalue weighted by molar-refractivity contribution is -0.274. The molecule has 0 aliphatic carbocycles. The fraction of sp³-hybridized carbons (Fsp3) is 0.214. The molecule has 22 heavy (non-hydrogen) atoms. The SMILES string of the molecule is CC1=CC(c2nc(-c3ccc(OC(F)(F)F)cc3)no2)=NC1. The Morgan fingerprint density at radius 2 is 1.91 bits per heavy atom. The molecule has 0 saturated carbocycles. The van der Waals surface area contributed by atoms with Crippen molar-refractivity contribution in [3.8, 4) is 17.1 Å². The molecule has 1 aliphatic rings. The van der Waals surface area contributed by atoms with Crippen LogP contribution in [0.1, 0.15) is 12.8 Å². The summed E-state index contributed by atoms with van der Waals surface area (Å²) < 4.78 is 45.2. The van der Waals surface area contributed by atoms with Crippen LogP contribution >= 0.6 is 0 Å². The van der Waals surface area contributed by atoms with Crippen LogP contribution in [0.15, 0.2) is 45.4 Å². The minimum Gasteiger partial charge on any atom is -0.406 e. The zero-order chi connectivity index (χ0) is 15.7. The van der Waals surface area contributed by atoms with Crippen molar-refractivity contribution in [3.05, 3.63) is 41.8 Å². The molecule has 0 fully saturated rings. The third kappa shape index (κ3) is 3.16. The summed E-state index contributed by atoms with van der Waals surface area (Å²) in [6.07, 6.45) is -2.87. The van der Waals surface area contributed by atoms with E-state index in [2.05, 4.69) is 19.9 Å². The summed E-state index contributed by atoms with van der Waals surface area (Å²) in [5.74, 6) is 0.246. The molecular formula is C14H10F3N3O2. The molecule has 1 aliphatic heterocycles. The molecule has 2 heterocycles. The van der Waals surface area contributed by atoms with Gasteiger partial charge in [-0.2, -0.15) is 4.98 Å². The van der Waals surface area contributed by atoms with E-state index in [0.717, 1.165) is 5.57 Å². The maximum absolute atomic E-state index is 12.1. The van der Waals surface area contributed by atoms with Gasteiger partial charge in [-0.25, -0.2) is 0 Å². The number of aliphatic imine (C=N–C) groups is 1. The molecule has 0 N–H and O–H groups in total. The van der Waals surface area contributed by atoms with Gasteiger partial charge in [0.15, 0.2) is 0 Å². The first kappa shape index (κ1) is 14.3. The Hall–Kier alpha value is -2.64. The van der Waals surface area contributed by atoms with Crippen molar-refractivity contribution in [2.75, 3.05) is 6.54 Å². The van der Waals surface area contributed by atoms with E-state index in [4.69, 9.17) is 4.52 Å². The first-order chi connectivity index (χ1) is 10.4. The van der Waals surface area contributed by atoms with Gasteiger partial charge in [0.2, 0.25) is 5.82 Å². The second kappa shape index (κ2) is 5.28. The van der Waals surface area contributed by atoms with E-state index in [0.29, 0.717) is 17.8 Å². The second-order valence-electron chi connectivity index (χ2n) is 4.69. The van der Waals surface area contributed by atoms with E-state index in [1.54, 1.807) is 0 Å².